The molecule has 0 atom stereocenters. The van der Waals surface area contributed by atoms with Crippen LogP contribution in [0, 0.1) is 5.82 Å². The fourth-order valence-electron chi connectivity index (χ4n) is 2.18. The minimum Gasteiger partial charge on any atom is -0.294 e. The highest BCUT2D eigenvalue weighted by Gasteiger charge is 2.13. The Bertz CT molecular complexity index is 832. The summed E-state index contributed by atoms with van der Waals surface area (Å²) in [5.74, 6) is -0.794. The van der Waals surface area contributed by atoms with Gasteiger partial charge >= 0.3 is 0 Å². The van der Waals surface area contributed by atoms with E-state index in [0.29, 0.717) is 10.2 Å². The lowest BCUT2D eigenvalue weighted by atomic mass is 10.1. The standard InChI is InChI=1S/C17H11BrFNO/c18-12-6-8-14(15(19)9-12)17(21)10-13-7-5-11-3-1-2-4-16(11)20-13/h1-9H,10H2. The third-order valence-electron chi connectivity index (χ3n) is 3.23. The molecule has 1 heterocycles. The van der Waals surface area contributed by atoms with E-state index in [1.54, 1.807) is 12.1 Å². The van der Waals surface area contributed by atoms with Crippen LogP contribution in [0.1, 0.15) is 16.1 Å². The van der Waals surface area contributed by atoms with Crippen LogP contribution in [0.25, 0.3) is 10.9 Å². The van der Waals surface area contributed by atoms with Crippen molar-refractivity contribution in [2.45, 2.75) is 6.42 Å². The number of carbonyl (C=O) groups excluding carboxylic acids is 1. The second kappa shape index (κ2) is 5.74. The topological polar surface area (TPSA) is 30.0 Å². The van der Waals surface area contributed by atoms with Crippen LogP contribution in [-0.4, -0.2) is 10.8 Å². The average Bonchev–Trinajstić information content (AvgIpc) is 2.47. The number of benzene rings is 2. The van der Waals surface area contributed by atoms with Crippen LogP contribution in [0.15, 0.2) is 59.1 Å². The number of halogens is 2. The average molecular weight is 344 g/mol. The maximum Gasteiger partial charge on any atom is 0.171 e. The van der Waals surface area contributed by atoms with Crippen molar-refractivity contribution in [2.75, 3.05) is 0 Å². The van der Waals surface area contributed by atoms with Crippen molar-refractivity contribution in [3.63, 3.8) is 0 Å². The van der Waals surface area contributed by atoms with Gasteiger partial charge in [0.2, 0.25) is 0 Å². The van der Waals surface area contributed by atoms with Gasteiger partial charge in [0.05, 0.1) is 17.5 Å². The van der Waals surface area contributed by atoms with Gasteiger partial charge in [0.1, 0.15) is 5.82 Å². The first kappa shape index (κ1) is 13.9. The van der Waals surface area contributed by atoms with Gasteiger partial charge in [0.25, 0.3) is 0 Å². The van der Waals surface area contributed by atoms with Gasteiger partial charge < -0.3 is 0 Å². The number of hydrogen-bond acceptors (Lipinski definition) is 2. The Hall–Kier alpha value is -2.07. The van der Waals surface area contributed by atoms with E-state index in [-0.39, 0.29) is 17.8 Å². The minimum atomic E-state index is -0.518. The second-order valence-electron chi connectivity index (χ2n) is 4.72. The zero-order valence-electron chi connectivity index (χ0n) is 11.0. The lowest BCUT2D eigenvalue weighted by Gasteiger charge is -2.04. The summed E-state index contributed by atoms with van der Waals surface area (Å²) in [6.07, 6.45) is 0.0867. The predicted octanol–water partition coefficient (Wildman–Crippen LogP) is 4.56. The number of pyridine rings is 1. The van der Waals surface area contributed by atoms with Gasteiger partial charge in [-0.25, -0.2) is 4.39 Å². The summed E-state index contributed by atoms with van der Waals surface area (Å²) >= 11 is 3.18. The molecule has 2 nitrogen and oxygen atoms in total. The van der Waals surface area contributed by atoms with Crippen LogP contribution in [0.4, 0.5) is 4.39 Å². The second-order valence-corrected chi connectivity index (χ2v) is 5.64. The van der Waals surface area contributed by atoms with E-state index < -0.39 is 5.82 Å². The van der Waals surface area contributed by atoms with Crippen LogP contribution in [0.5, 0.6) is 0 Å². The normalized spacial score (nSPS) is 10.8. The van der Waals surface area contributed by atoms with E-state index in [1.165, 1.54) is 12.1 Å². The number of ketones is 1. The molecule has 0 aliphatic carbocycles. The summed E-state index contributed by atoms with van der Waals surface area (Å²) in [7, 11) is 0. The van der Waals surface area contributed by atoms with E-state index in [9.17, 15) is 9.18 Å². The number of Topliss-reactive ketones (excluding diaryl/α,β-unsaturated/α-hetero) is 1. The molecule has 21 heavy (non-hydrogen) atoms. The van der Waals surface area contributed by atoms with Gasteiger partial charge in [-0.05, 0) is 30.3 Å². The highest BCUT2D eigenvalue weighted by atomic mass is 79.9. The highest BCUT2D eigenvalue weighted by Crippen LogP contribution is 2.18. The molecule has 0 spiro atoms. The number of hydrogen-bond donors (Lipinski definition) is 0. The Kier molecular flexibility index (Phi) is 3.80. The molecule has 4 heteroatoms. The van der Waals surface area contributed by atoms with Gasteiger partial charge in [0.15, 0.2) is 5.78 Å². The lowest BCUT2D eigenvalue weighted by molar-refractivity contribution is 0.0988. The van der Waals surface area contributed by atoms with Crippen molar-refractivity contribution < 1.29 is 9.18 Å². The van der Waals surface area contributed by atoms with E-state index in [0.717, 1.165) is 10.9 Å². The van der Waals surface area contributed by atoms with Gasteiger partial charge in [-0.1, -0.05) is 40.2 Å². The summed E-state index contributed by atoms with van der Waals surface area (Å²) in [4.78, 5) is 16.6. The smallest absolute Gasteiger partial charge is 0.171 e. The van der Waals surface area contributed by atoms with Crippen molar-refractivity contribution >= 4 is 32.6 Å². The molecule has 0 amide bonds. The molecular formula is C17H11BrFNO. The molecule has 0 aliphatic rings. The van der Waals surface area contributed by atoms with E-state index in [2.05, 4.69) is 20.9 Å². The van der Waals surface area contributed by atoms with Crippen molar-refractivity contribution in [2.24, 2.45) is 0 Å². The summed E-state index contributed by atoms with van der Waals surface area (Å²) in [5.41, 5.74) is 1.56. The summed E-state index contributed by atoms with van der Waals surface area (Å²) < 4.78 is 14.4. The first-order valence-electron chi connectivity index (χ1n) is 6.46. The van der Waals surface area contributed by atoms with Crippen LogP contribution in [0.2, 0.25) is 0 Å². The Morgan fingerprint density at radius 1 is 1.10 bits per heavy atom. The Labute approximate surface area is 129 Å². The molecule has 0 saturated heterocycles. The molecule has 2 aromatic carbocycles. The maximum absolute atomic E-state index is 13.8. The minimum absolute atomic E-state index is 0.0867. The van der Waals surface area contributed by atoms with Crippen molar-refractivity contribution in [3.8, 4) is 0 Å². The van der Waals surface area contributed by atoms with Gasteiger partial charge in [0, 0.05) is 15.6 Å². The third kappa shape index (κ3) is 3.00. The Morgan fingerprint density at radius 3 is 2.71 bits per heavy atom. The molecule has 0 unspecified atom stereocenters. The van der Waals surface area contributed by atoms with Crippen LogP contribution in [0.3, 0.4) is 0 Å². The molecule has 0 radical (unpaired) electrons. The van der Waals surface area contributed by atoms with Gasteiger partial charge in [-0.2, -0.15) is 0 Å². The van der Waals surface area contributed by atoms with E-state index in [1.807, 2.05) is 30.3 Å². The maximum atomic E-state index is 13.8. The molecule has 0 aliphatic heterocycles. The quantitative estimate of drug-likeness (QED) is 0.652. The SMILES string of the molecule is O=C(Cc1ccc2ccccc2n1)c1ccc(Br)cc1F. The van der Waals surface area contributed by atoms with Crippen molar-refractivity contribution in [3.05, 3.63) is 76.1 Å². The van der Waals surface area contributed by atoms with Gasteiger partial charge in [-0.3, -0.25) is 9.78 Å². The molecule has 0 fully saturated rings. The summed E-state index contributed by atoms with van der Waals surface area (Å²) in [6.45, 7) is 0. The molecule has 1 aromatic heterocycles. The number of nitrogens with zero attached hydrogens (tertiary/aromatic N) is 1. The monoisotopic (exact) mass is 343 g/mol. The Morgan fingerprint density at radius 2 is 1.90 bits per heavy atom. The Balaban J connectivity index is 1.89. The number of aromatic nitrogens is 1. The van der Waals surface area contributed by atoms with Crippen molar-refractivity contribution in [1.29, 1.82) is 0 Å². The van der Waals surface area contributed by atoms with Gasteiger partial charge in [-0.15, -0.1) is 0 Å². The zero-order valence-corrected chi connectivity index (χ0v) is 12.6. The predicted molar refractivity (Wildman–Crippen MR) is 83.9 cm³/mol. The van der Waals surface area contributed by atoms with Crippen LogP contribution < -0.4 is 0 Å². The first-order valence-corrected chi connectivity index (χ1v) is 7.26. The number of rotatable bonds is 3. The number of carbonyl (C=O) groups is 1. The molecular weight excluding hydrogens is 333 g/mol. The largest absolute Gasteiger partial charge is 0.294 e. The highest BCUT2D eigenvalue weighted by molar-refractivity contribution is 9.10. The molecule has 0 bridgehead atoms. The number of fused-ring (bicyclic) bond motifs is 1. The first-order chi connectivity index (χ1) is 10.1. The van der Waals surface area contributed by atoms with E-state index >= 15 is 0 Å². The van der Waals surface area contributed by atoms with Crippen LogP contribution >= 0.6 is 15.9 Å². The molecule has 0 saturated carbocycles. The molecule has 3 aromatic rings. The zero-order chi connectivity index (χ0) is 14.8. The molecule has 3 rings (SSSR count). The van der Waals surface area contributed by atoms with Crippen LogP contribution in [-0.2, 0) is 6.42 Å². The van der Waals surface area contributed by atoms with E-state index in [4.69, 9.17) is 0 Å². The fourth-order valence-corrected chi connectivity index (χ4v) is 2.52. The number of para-hydroxylation sites is 1. The summed E-state index contributed by atoms with van der Waals surface area (Å²) in [5, 5.41) is 1.02. The molecule has 104 valence electrons. The third-order valence-corrected chi connectivity index (χ3v) is 3.72. The fraction of sp³-hybridized carbons (Fsp3) is 0.0588. The molecule has 0 N–H and O–H groups in total. The lowest BCUT2D eigenvalue weighted by Crippen LogP contribution is -2.07. The van der Waals surface area contributed by atoms with Crippen molar-refractivity contribution in [1.82, 2.24) is 4.98 Å². The summed E-state index contributed by atoms with van der Waals surface area (Å²) in [6, 6.07) is 15.8.